The van der Waals surface area contributed by atoms with Gasteiger partial charge in [-0.05, 0) is 45.4 Å². The third kappa shape index (κ3) is 10.6. The summed E-state index contributed by atoms with van der Waals surface area (Å²) in [6.07, 6.45) is 0. The predicted molar refractivity (Wildman–Crippen MR) is 65.8 cm³/mol. The minimum absolute atomic E-state index is 0. The molecule has 1 aromatic rings. The van der Waals surface area contributed by atoms with Gasteiger partial charge in [-0.2, -0.15) is 0 Å². The van der Waals surface area contributed by atoms with Crippen LogP contribution in [0.15, 0.2) is 18.2 Å². The Morgan fingerprint density at radius 1 is 0.882 bits per heavy atom. The van der Waals surface area contributed by atoms with E-state index in [9.17, 15) is 0 Å². The predicted octanol–water partition coefficient (Wildman–Crippen LogP) is -4.76. The van der Waals surface area contributed by atoms with E-state index in [2.05, 4.69) is 62.3 Å². The molecule has 1 aromatic carbocycles. The van der Waals surface area contributed by atoms with Crippen molar-refractivity contribution in [2.45, 2.75) is 13.1 Å². The van der Waals surface area contributed by atoms with Crippen molar-refractivity contribution in [1.82, 2.24) is 9.80 Å². The first-order valence-corrected chi connectivity index (χ1v) is 4.87. The first kappa shape index (κ1) is 23.1. The van der Waals surface area contributed by atoms with E-state index in [1.807, 2.05) is 0 Å². The van der Waals surface area contributed by atoms with Gasteiger partial charge in [0.05, 0.1) is 0 Å². The molecule has 0 aliphatic carbocycles. The largest absolute Gasteiger partial charge is 2.00 e. The number of hydrogen-bond acceptors (Lipinski definition) is 2. The van der Waals surface area contributed by atoms with E-state index < -0.39 is 0 Å². The molecule has 0 fully saturated rings. The number of hydrogen-bond donors (Lipinski definition) is 0. The summed E-state index contributed by atoms with van der Waals surface area (Å²) in [6.45, 7) is 1.92. The molecule has 4 radical (unpaired) electrons. The van der Waals surface area contributed by atoms with Crippen LogP contribution in [0.5, 0.6) is 0 Å². The van der Waals surface area contributed by atoms with Crippen LogP contribution in [-0.4, -0.2) is 64.2 Å². The maximum Gasteiger partial charge on any atom is 2.00 e. The molecule has 0 heterocycles. The quantitative estimate of drug-likeness (QED) is 0.342. The summed E-state index contributed by atoms with van der Waals surface area (Å²) in [5, 5.41) is 0. The zero-order valence-electron chi connectivity index (χ0n) is 10.7. The molecule has 0 amide bonds. The van der Waals surface area contributed by atoms with Crippen molar-refractivity contribution < 1.29 is 34.0 Å². The van der Waals surface area contributed by atoms with E-state index in [1.165, 1.54) is 11.1 Å². The summed E-state index contributed by atoms with van der Waals surface area (Å²) in [7, 11) is 8.30. The van der Waals surface area contributed by atoms with Crippen LogP contribution in [-0.2, 0) is 13.1 Å². The van der Waals surface area contributed by atoms with Gasteiger partial charge < -0.3 is 43.8 Å². The molecule has 0 aromatic heterocycles. The van der Waals surface area contributed by atoms with E-state index in [1.54, 1.807) is 0 Å². The molecular weight excluding hydrogens is 541 g/mol. The Hall–Kier alpha value is 0.983. The van der Waals surface area contributed by atoms with Gasteiger partial charge in [0.25, 0.3) is 0 Å². The molecule has 1 rings (SSSR count). The molecular formula is C12H19BiBr2N2. The first-order valence-electron chi connectivity index (χ1n) is 4.87. The molecule has 0 aliphatic rings. The normalized spacial score (nSPS) is 9.29. The monoisotopic (exact) mass is 558 g/mol. The van der Waals surface area contributed by atoms with Gasteiger partial charge >= 0.3 is 26.2 Å². The zero-order valence-corrected chi connectivity index (χ0v) is 17.4. The topological polar surface area (TPSA) is 6.48 Å². The van der Waals surface area contributed by atoms with E-state index in [0.717, 1.165) is 13.1 Å². The smallest absolute Gasteiger partial charge is 1.00 e. The van der Waals surface area contributed by atoms with Crippen molar-refractivity contribution in [3.05, 3.63) is 35.4 Å². The summed E-state index contributed by atoms with van der Waals surface area (Å²) < 4.78 is 0. The Morgan fingerprint density at radius 2 is 1.24 bits per heavy atom. The van der Waals surface area contributed by atoms with Crippen LogP contribution < -0.4 is 34.0 Å². The van der Waals surface area contributed by atoms with Gasteiger partial charge in [0.2, 0.25) is 0 Å². The second-order valence-electron chi connectivity index (χ2n) is 4.18. The molecule has 96 valence electrons. The minimum Gasteiger partial charge on any atom is -1.00 e. The van der Waals surface area contributed by atoms with Gasteiger partial charge in [0.15, 0.2) is 0 Å². The Bertz CT molecular complexity index is 268. The van der Waals surface area contributed by atoms with Crippen LogP contribution in [0.2, 0.25) is 0 Å². The number of rotatable bonds is 4. The molecule has 0 aliphatic heterocycles. The molecule has 0 unspecified atom stereocenters. The molecule has 0 saturated carbocycles. The second-order valence-corrected chi connectivity index (χ2v) is 4.18. The van der Waals surface area contributed by atoms with Crippen LogP contribution in [0.25, 0.3) is 0 Å². The molecule has 2 nitrogen and oxygen atoms in total. The third-order valence-electron chi connectivity index (χ3n) is 1.89. The van der Waals surface area contributed by atoms with Crippen LogP contribution in [0.3, 0.4) is 0 Å². The summed E-state index contributed by atoms with van der Waals surface area (Å²) >= 11 is 0. The molecule has 5 heteroatoms. The fourth-order valence-electron chi connectivity index (χ4n) is 1.44. The average Bonchev–Trinajstić information content (AvgIpc) is 2.01. The van der Waals surface area contributed by atoms with Gasteiger partial charge in [-0.3, -0.25) is 0 Å². The maximum absolute atomic E-state index is 3.42. The molecule has 0 saturated heterocycles. The fourth-order valence-corrected chi connectivity index (χ4v) is 1.44. The summed E-state index contributed by atoms with van der Waals surface area (Å²) in [6, 6.07) is 9.78. The Morgan fingerprint density at radius 3 is 1.53 bits per heavy atom. The van der Waals surface area contributed by atoms with Crippen LogP contribution in [0.1, 0.15) is 11.1 Å². The Kier molecular flexibility index (Phi) is 16.4. The van der Waals surface area contributed by atoms with Gasteiger partial charge in [-0.1, -0.05) is 18.2 Å². The molecule has 0 bridgehead atoms. The van der Waals surface area contributed by atoms with Gasteiger partial charge in [-0.15, -0.1) is 0 Å². The molecule has 0 N–H and O–H groups in total. The van der Waals surface area contributed by atoms with Crippen molar-refractivity contribution in [1.29, 1.82) is 0 Å². The van der Waals surface area contributed by atoms with Crippen LogP contribution in [0.4, 0.5) is 0 Å². The number of halogens is 2. The van der Waals surface area contributed by atoms with E-state index in [0.29, 0.717) is 0 Å². The fraction of sp³-hybridized carbons (Fsp3) is 0.500. The van der Waals surface area contributed by atoms with Gasteiger partial charge in [0.1, 0.15) is 0 Å². The van der Waals surface area contributed by atoms with Crippen molar-refractivity contribution >= 4 is 26.2 Å². The summed E-state index contributed by atoms with van der Waals surface area (Å²) in [4.78, 5) is 4.32. The summed E-state index contributed by atoms with van der Waals surface area (Å²) in [5.74, 6) is 0. The standard InChI is InChI=1S/C12H19N2.Bi.2BrH/c1-13(2)9-11-6-5-7-12(8-11)10-14(3)4;;;/h5-7H,9-10H2,1-4H3;;2*1H/q;+2;;/p-2. The van der Waals surface area contributed by atoms with E-state index >= 15 is 0 Å². The Balaban J connectivity index is -0.000000653. The van der Waals surface area contributed by atoms with Crippen molar-refractivity contribution in [2.75, 3.05) is 28.2 Å². The van der Waals surface area contributed by atoms with Crippen LogP contribution >= 0.6 is 0 Å². The molecule has 17 heavy (non-hydrogen) atoms. The summed E-state index contributed by atoms with van der Waals surface area (Å²) in [5.41, 5.74) is 2.52. The Labute approximate surface area is 145 Å². The molecule has 0 spiro atoms. The number of benzene rings is 1. The van der Waals surface area contributed by atoms with E-state index in [4.69, 9.17) is 0 Å². The van der Waals surface area contributed by atoms with Crippen molar-refractivity contribution in [2.24, 2.45) is 0 Å². The minimum atomic E-state index is 0. The maximum atomic E-state index is 3.42. The zero-order chi connectivity index (χ0) is 10.6. The third-order valence-corrected chi connectivity index (χ3v) is 1.89. The van der Waals surface area contributed by atoms with Gasteiger partial charge in [0, 0.05) is 13.1 Å². The SMILES string of the molecule is CN(C)Cc1[c]c(CN(C)C)ccc1.[Bi+2].[Br-].[Br-]. The second kappa shape index (κ2) is 12.0. The van der Waals surface area contributed by atoms with Crippen LogP contribution in [0, 0.1) is 6.07 Å². The number of nitrogens with zero attached hydrogens (tertiary/aromatic N) is 2. The molecule has 0 atom stereocenters. The van der Waals surface area contributed by atoms with Crippen molar-refractivity contribution in [3.8, 4) is 0 Å². The first-order chi connectivity index (χ1) is 6.58. The van der Waals surface area contributed by atoms with Gasteiger partial charge in [-0.25, -0.2) is 0 Å². The van der Waals surface area contributed by atoms with Crippen molar-refractivity contribution in [3.63, 3.8) is 0 Å². The van der Waals surface area contributed by atoms with E-state index in [-0.39, 0.29) is 60.2 Å². The average molecular weight is 560 g/mol.